The fourth-order valence-corrected chi connectivity index (χ4v) is 3.83. The molecule has 0 radical (unpaired) electrons. The predicted molar refractivity (Wildman–Crippen MR) is 120 cm³/mol. The standard InChI is InChI=1S/C21H25FN4O2.HI/c1-23-20(26-9-7-21(14-26)8-10-27-15-21)25-13-16-5-6-19(24-12-16)28-18-4-2-3-17(22)11-18;/h2-6,11-12H,7-10,13-15H2,1H3,(H,23,25);1H. The molecule has 2 saturated heterocycles. The molecular formula is C21H26FIN4O2. The van der Waals surface area contributed by atoms with Crippen LogP contribution in [0.15, 0.2) is 47.6 Å². The summed E-state index contributed by atoms with van der Waals surface area (Å²) in [6.07, 6.45) is 4.05. The lowest BCUT2D eigenvalue weighted by atomic mass is 9.87. The van der Waals surface area contributed by atoms with Crippen LogP contribution < -0.4 is 10.1 Å². The first-order chi connectivity index (χ1) is 13.7. The van der Waals surface area contributed by atoms with E-state index in [4.69, 9.17) is 9.47 Å². The minimum Gasteiger partial charge on any atom is -0.439 e. The zero-order chi connectivity index (χ0) is 19.4. The molecule has 1 N–H and O–H groups in total. The SMILES string of the molecule is CN=C(NCc1ccc(Oc2cccc(F)c2)nc1)N1CCC2(CCOC2)C1.I. The van der Waals surface area contributed by atoms with Crippen molar-refractivity contribution in [3.8, 4) is 11.6 Å². The van der Waals surface area contributed by atoms with Gasteiger partial charge >= 0.3 is 0 Å². The van der Waals surface area contributed by atoms with Crippen molar-refractivity contribution in [3.63, 3.8) is 0 Å². The van der Waals surface area contributed by atoms with Gasteiger partial charge in [0, 0.05) is 57.0 Å². The average molecular weight is 512 g/mol. The van der Waals surface area contributed by atoms with Gasteiger partial charge in [0.05, 0.1) is 6.61 Å². The van der Waals surface area contributed by atoms with E-state index in [9.17, 15) is 4.39 Å². The normalized spacial score (nSPS) is 21.3. The topological polar surface area (TPSA) is 59.0 Å². The Morgan fingerprint density at radius 3 is 2.93 bits per heavy atom. The fourth-order valence-electron chi connectivity index (χ4n) is 3.83. The van der Waals surface area contributed by atoms with Crippen molar-refractivity contribution in [1.82, 2.24) is 15.2 Å². The van der Waals surface area contributed by atoms with Gasteiger partial charge in [0.15, 0.2) is 5.96 Å². The molecule has 4 rings (SSSR count). The molecular weight excluding hydrogens is 486 g/mol. The van der Waals surface area contributed by atoms with Gasteiger partial charge in [0.25, 0.3) is 0 Å². The van der Waals surface area contributed by atoms with Crippen LogP contribution in [0.4, 0.5) is 4.39 Å². The summed E-state index contributed by atoms with van der Waals surface area (Å²) in [7, 11) is 1.81. The van der Waals surface area contributed by atoms with E-state index in [1.165, 1.54) is 12.1 Å². The molecule has 0 bridgehead atoms. The molecule has 2 aromatic rings. The lowest BCUT2D eigenvalue weighted by Crippen LogP contribution is -2.41. The van der Waals surface area contributed by atoms with Crippen LogP contribution in [0.1, 0.15) is 18.4 Å². The van der Waals surface area contributed by atoms with Gasteiger partial charge in [-0.2, -0.15) is 0 Å². The molecule has 1 aromatic carbocycles. The lowest BCUT2D eigenvalue weighted by Gasteiger charge is -2.25. The van der Waals surface area contributed by atoms with Crippen LogP contribution in [0.25, 0.3) is 0 Å². The molecule has 6 nitrogen and oxygen atoms in total. The van der Waals surface area contributed by atoms with Gasteiger partial charge in [-0.1, -0.05) is 12.1 Å². The smallest absolute Gasteiger partial charge is 0.219 e. The van der Waals surface area contributed by atoms with Gasteiger partial charge in [0.2, 0.25) is 5.88 Å². The molecule has 2 fully saturated rings. The van der Waals surface area contributed by atoms with Gasteiger partial charge in [-0.3, -0.25) is 4.99 Å². The van der Waals surface area contributed by atoms with E-state index in [1.54, 1.807) is 24.4 Å². The molecule has 3 heterocycles. The number of aromatic nitrogens is 1. The highest BCUT2D eigenvalue weighted by molar-refractivity contribution is 14.0. The van der Waals surface area contributed by atoms with Crippen LogP contribution >= 0.6 is 24.0 Å². The number of likely N-dealkylation sites (tertiary alicyclic amines) is 1. The first-order valence-electron chi connectivity index (χ1n) is 9.58. The summed E-state index contributed by atoms with van der Waals surface area (Å²) in [5.41, 5.74) is 1.32. The van der Waals surface area contributed by atoms with Crippen LogP contribution in [-0.2, 0) is 11.3 Å². The van der Waals surface area contributed by atoms with E-state index in [1.807, 2.05) is 13.1 Å². The number of hydrogen-bond donors (Lipinski definition) is 1. The van der Waals surface area contributed by atoms with Crippen molar-refractivity contribution in [2.75, 3.05) is 33.4 Å². The Labute approximate surface area is 187 Å². The van der Waals surface area contributed by atoms with Gasteiger partial charge in [0.1, 0.15) is 11.6 Å². The molecule has 1 atom stereocenters. The van der Waals surface area contributed by atoms with Crippen LogP contribution in [0.3, 0.4) is 0 Å². The molecule has 0 amide bonds. The number of halogens is 2. The van der Waals surface area contributed by atoms with E-state index < -0.39 is 0 Å². The number of nitrogens with zero attached hydrogens (tertiary/aromatic N) is 3. The monoisotopic (exact) mass is 512 g/mol. The Kier molecular flexibility index (Phi) is 7.28. The first-order valence-corrected chi connectivity index (χ1v) is 9.58. The van der Waals surface area contributed by atoms with Crippen molar-refractivity contribution >= 4 is 29.9 Å². The van der Waals surface area contributed by atoms with Crippen LogP contribution in [0.2, 0.25) is 0 Å². The number of guanidine groups is 1. The van der Waals surface area contributed by atoms with Gasteiger partial charge < -0.3 is 19.7 Å². The Balaban J connectivity index is 0.00000240. The molecule has 0 aliphatic carbocycles. The number of benzene rings is 1. The summed E-state index contributed by atoms with van der Waals surface area (Å²) >= 11 is 0. The third-order valence-corrected chi connectivity index (χ3v) is 5.40. The highest BCUT2D eigenvalue weighted by Crippen LogP contribution is 2.38. The van der Waals surface area contributed by atoms with E-state index in [0.29, 0.717) is 23.6 Å². The maximum Gasteiger partial charge on any atom is 0.219 e. The summed E-state index contributed by atoms with van der Waals surface area (Å²) in [6, 6.07) is 9.74. The van der Waals surface area contributed by atoms with E-state index in [-0.39, 0.29) is 29.8 Å². The molecule has 1 spiro atoms. The Bertz CT molecular complexity index is 841. The summed E-state index contributed by atoms with van der Waals surface area (Å²) in [5, 5.41) is 3.42. The Morgan fingerprint density at radius 1 is 1.34 bits per heavy atom. The number of ether oxygens (including phenoxy) is 2. The largest absolute Gasteiger partial charge is 0.439 e. The van der Waals surface area contributed by atoms with Gasteiger partial charge in [-0.15, -0.1) is 24.0 Å². The number of aliphatic imine (C=N–C) groups is 1. The second-order valence-electron chi connectivity index (χ2n) is 7.44. The Morgan fingerprint density at radius 2 is 2.24 bits per heavy atom. The van der Waals surface area contributed by atoms with Crippen molar-refractivity contribution in [3.05, 3.63) is 54.0 Å². The minimum absolute atomic E-state index is 0. The predicted octanol–water partition coefficient (Wildman–Crippen LogP) is 3.82. The number of pyridine rings is 1. The van der Waals surface area contributed by atoms with E-state index in [2.05, 4.69) is 20.2 Å². The molecule has 0 saturated carbocycles. The van der Waals surface area contributed by atoms with Crippen molar-refractivity contribution < 1.29 is 13.9 Å². The fraction of sp³-hybridized carbons (Fsp3) is 0.429. The summed E-state index contributed by atoms with van der Waals surface area (Å²) in [6.45, 7) is 4.35. The third-order valence-electron chi connectivity index (χ3n) is 5.40. The van der Waals surface area contributed by atoms with Gasteiger partial charge in [-0.05, 0) is 30.5 Å². The Hall–Kier alpha value is -1.94. The molecule has 156 valence electrons. The zero-order valence-electron chi connectivity index (χ0n) is 16.4. The van der Waals surface area contributed by atoms with Crippen molar-refractivity contribution in [2.45, 2.75) is 19.4 Å². The number of hydrogen-bond acceptors (Lipinski definition) is 4. The summed E-state index contributed by atoms with van der Waals surface area (Å²) < 4.78 is 24.4. The van der Waals surface area contributed by atoms with Gasteiger partial charge in [-0.25, -0.2) is 9.37 Å². The summed E-state index contributed by atoms with van der Waals surface area (Å²) in [5.74, 6) is 1.43. The van der Waals surface area contributed by atoms with Crippen LogP contribution in [-0.4, -0.2) is 49.2 Å². The van der Waals surface area contributed by atoms with E-state index >= 15 is 0 Å². The maximum atomic E-state index is 13.2. The maximum absolute atomic E-state index is 13.2. The molecule has 1 unspecified atom stereocenters. The highest BCUT2D eigenvalue weighted by Gasteiger charge is 2.42. The molecule has 29 heavy (non-hydrogen) atoms. The molecule has 1 aromatic heterocycles. The first kappa shape index (κ1) is 21.8. The highest BCUT2D eigenvalue weighted by atomic mass is 127. The summed E-state index contributed by atoms with van der Waals surface area (Å²) in [4.78, 5) is 11.0. The van der Waals surface area contributed by atoms with E-state index in [0.717, 1.165) is 50.7 Å². The second-order valence-corrected chi connectivity index (χ2v) is 7.44. The molecule has 2 aliphatic rings. The second kappa shape index (κ2) is 9.71. The van der Waals surface area contributed by atoms with Crippen LogP contribution in [0.5, 0.6) is 11.6 Å². The molecule has 8 heteroatoms. The lowest BCUT2D eigenvalue weighted by molar-refractivity contribution is 0.156. The number of rotatable bonds is 4. The average Bonchev–Trinajstić information content (AvgIpc) is 3.34. The molecule has 2 aliphatic heterocycles. The number of nitrogens with one attached hydrogen (secondary N) is 1. The van der Waals surface area contributed by atoms with Crippen molar-refractivity contribution in [1.29, 1.82) is 0 Å². The van der Waals surface area contributed by atoms with Crippen LogP contribution in [0, 0.1) is 11.2 Å². The van der Waals surface area contributed by atoms with Crippen molar-refractivity contribution in [2.24, 2.45) is 10.4 Å². The minimum atomic E-state index is -0.336. The zero-order valence-corrected chi connectivity index (χ0v) is 18.8. The quantitative estimate of drug-likeness (QED) is 0.384. The third kappa shape index (κ3) is 5.36.